The van der Waals surface area contributed by atoms with Crippen molar-refractivity contribution in [1.29, 1.82) is 0 Å². The fourth-order valence-electron chi connectivity index (χ4n) is 15.5. The zero-order valence-electron chi connectivity index (χ0n) is 36.0. The van der Waals surface area contributed by atoms with Crippen LogP contribution >= 0.6 is 0 Å². The van der Waals surface area contributed by atoms with E-state index in [0.29, 0.717) is 0 Å². The molecule has 6 fully saturated rings. The van der Waals surface area contributed by atoms with Crippen LogP contribution in [0.25, 0.3) is 0 Å². The van der Waals surface area contributed by atoms with E-state index in [1.54, 1.807) is 30.4 Å². The SMILES string of the molecule is CC(C)CC1CC2C(CC3CCCC3C2c2ccc(C(C)(C)C)cc2)C1CC1C(CC(C)C)CC2C1CC1CCCC1C2c1ccc(C(C)(C)C)cc1. The first-order chi connectivity index (χ1) is 25.2. The molecule has 0 heteroatoms. The van der Waals surface area contributed by atoms with E-state index >= 15 is 0 Å². The Kier molecular flexibility index (Phi) is 10.7. The zero-order chi connectivity index (χ0) is 37.4. The molecule has 0 bridgehead atoms. The molecule has 0 aliphatic heterocycles. The van der Waals surface area contributed by atoms with E-state index in [1.165, 1.54) is 75.3 Å². The molecule has 0 N–H and O–H groups in total. The van der Waals surface area contributed by atoms with Gasteiger partial charge in [0.25, 0.3) is 0 Å². The molecular weight excluding hydrogens is 637 g/mol. The first kappa shape index (κ1) is 38.3. The van der Waals surface area contributed by atoms with Crippen molar-refractivity contribution in [3.63, 3.8) is 0 Å². The molecule has 2 aromatic carbocycles. The van der Waals surface area contributed by atoms with Crippen LogP contribution in [0.4, 0.5) is 0 Å². The predicted octanol–water partition coefficient (Wildman–Crippen LogP) is 15.0. The highest BCUT2D eigenvalue weighted by Crippen LogP contribution is 2.67. The molecule has 53 heavy (non-hydrogen) atoms. The van der Waals surface area contributed by atoms with Gasteiger partial charge < -0.3 is 0 Å². The number of benzene rings is 2. The average Bonchev–Trinajstić information content (AvgIpc) is 3.88. The van der Waals surface area contributed by atoms with E-state index in [-0.39, 0.29) is 10.8 Å². The Morgan fingerprint density at radius 2 is 0.849 bits per heavy atom. The lowest BCUT2D eigenvalue weighted by atomic mass is 9.58. The van der Waals surface area contributed by atoms with Gasteiger partial charge in [-0.1, -0.05) is 143 Å². The number of hydrogen-bond acceptors (Lipinski definition) is 0. The monoisotopic (exact) mass is 717 g/mol. The summed E-state index contributed by atoms with van der Waals surface area (Å²) in [7, 11) is 0. The Balaban J connectivity index is 1.13. The van der Waals surface area contributed by atoms with Gasteiger partial charge in [-0.05, 0) is 186 Å². The Hall–Kier alpha value is -1.56. The summed E-state index contributed by atoms with van der Waals surface area (Å²) >= 11 is 0. The Labute approximate surface area is 327 Å². The lowest BCUT2D eigenvalue weighted by Crippen LogP contribution is -2.38. The molecule has 6 aliphatic rings. The van der Waals surface area contributed by atoms with Gasteiger partial charge in [0, 0.05) is 0 Å². The number of rotatable bonds is 8. The summed E-state index contributed by atoms with van der Waals surface area (Å²) < 4.78 is 0. The first-order valence-electron chi connectivity index (χ1n) is 23.4. The van der Waals surface area contributed by atoms with Gasteiger partial charge in [0.05, 0.1) is 0 Å². The second-order valence-electron chi connectivity index (χ2n) is 23.4. The van der Waals surface area contributed by atoms with Gasteiger partial charge in [0.2, 0.25) is 0 Å². The third-order valence-electron chi connectivity index (χ3n) is 17.4. The van der Waals surface area contributed by atoms with Crippen molar-refractivity contribution in [2.75, 3.05) is 0 Å². The summed E-state index contributed by atoms with van der Waals surface area (Å²) in [6.45, 7) is 24.5. The van der Waals surface area contributed by atoms with Crippen molar-refractivity contribution in [2.45, 2.75) is 175 Å². The molecule has 0 spiro atoms. The minimum absolute atomic E-state index is 0.225. The van der Waals surface area contributed by atoms with Gasteiger partial charge in [0.1, 0.15) is 0 Å². The van der Waals surface area contributed by atoms with E-state index in [1.807, 2.05) is 0 Å². The highest BCUT2D eigenvalue weighted by molar-refractivity contribution is 5.33. The minimum atomic E-state index is 0.225. The molecule has 0 radical (unpaired) electrons. The summed E-state index contributed by atoms with van der Waals surface area (Å²) in [5.74, 6) is 14.5. The molecule has 6 aliphatic carbocycles. The normalized spacial score (nSPS) is 39.7. The lowest BCUT2D eigenvalue weighted by molar-refractivity contribution is 0.0589. The molecule has 0 saturated heterocycles. The average molecular weight is 717 g/mol. The van der Waals surface area contributed by atoms with Crippen molar-refractivity contribution in [1.82, 2.24) is 0 Å². The second-order valence-corrected chi connectivity index (χ2v) is 23.4. The van der Waals surface area contributed by atoms with Crippen LogP contribution in [0.3, 0.4) is 0 Å². The van der Waals surface area contributed by atoms with Gasteiger partial charge in [-0.25, -0.2) is 0 Å². The van der Waals surface area contributed by atoms with Gasteiger partial charge in [-0.2, -0.15) is 0 Å². The number of hydrogen-bond donors (Lipinski definition) is 0. The first-order valence-corrected chi connectivity index (χ1v) is 23.4. The highest BCUT2D eigenvalue weighted by atomic mass is 14.6. The van der Waals surface area contributed by atoms with Crippen molar-refractivity contribution in [2.24, 2.45) is 82.9 Å². The largest absolute Gasteiger partial charge is 0.0628 e. The van der Waals surface area contributed by atoms with Crippen LogP contribution in [0.15, 0.2) is 48.5 Å². The lowest BCUT2D eigenvalue weighted by Gasteiger charge is -2.47. The van der Waals surface area contributed by atoms with Crippen LogP contribution in [0.2, 0.25) is 0 Å². The molecule has 8 rings (SSSR count). The maximum atomic E-state index is 2.61. The molecule has 0 heterocycles. The van der Waals surface area contributed by atoms with E-state index in [4.69, 9.17) is 0 Å². The van der Waals surface area contributed by atoms with Crippen molar-refractivity contribution in [3.05, 3.63) is 70.8 Å². The summed E-state index contributed by atoms with van der Waals surface area (Å²) in [6.07, 6.45) is 19.6. The maximum Gasteiger partial charge on any atom is -0.00998 e. The van der Waals surface area contributed by atoms with Crippen molar-refractivity contribution < 1.29 is 0 Å². The summed E-state index contributed by atoms with van der Waals surface area (Å²) in [6, 6.07) is 20.5. The molecule has 14 unspecified atom stereocenters. The van der Waals surface area contributed by atoms with Crippen molar-refractivity contribution >= 4 is 0 Å². The standard InChI is InChI=1S/C53H80/c1-32(2)25-38-29-48-46(27-36-13-11-15-42(36)50(48)34-17-21-40(22-18-34)52(5,6)7)44(38)31-45-39(26-33(3)4)30-49-47(45)28-37-14-12-16-43(37)51(49)35-19-23-41(24-20-35)53(8,9)10/h17-24,32-33,36-39,42-51H,11-16,25-31H2,1-10H3. The van der Waals surface area contributed by atoms with E-state index in [9.17, 15) is 0 Å². The summed E-state index contributed by atoms with van der Waals surface area (Å²) in [4.78, 5) is 0. The second kappa shape index (κ2) is 14.7. The quantitative estimate of drug-likeness (QED) is 0.255. The van der Waals surface area contributed by atoms with Gasteiger partial charge in [-0.3, -0.25) is 0 Å². The Bertz CT molecular complexity index is 1390. The summed E-state index contributed by atoms with van der Waals surface area (Å²) in [5, 5.41) is 0. The fraction of sp³-hybridized carbons (Fsp3) is 0.774. The Morgan fingerprint density at radius 1 is 0.472 bits per heavy atom. The van der Waals surface area contributed by atoms with Crippen LogP contribution in [-0.4, -0.2) is 0 Å². The third-order valence-corrected chi connectivity index (χ3v) is 17.4. The fourth-order valence-corrected chi connectivity index (χ4v) is 15.5. The van der Waals surface area contributed by atoms with Crippen molar-refractivity contribution in [3.8, 4) is 0 Å². The Morgan fingerprint density at radius 3 is 1.19 bits per heavy atom. The maximum absolute atomic E-state index is 2.61. The van der Waals surface area contributed by atoms with E-state index < -0.39 is 0 Å². The predicted molar refractivity (Wildman–Crippen MR) is 227 cm³/mol. The minimum Gasteiger partial charge on any atom is -0.0628 e. The molecule has 0 nitrogen and oxygen atoms in total. The molecule has 2 aromatic rings. The summed E-state index contributed by atoms with van der Waals surface area (Å²) in [5.41, 5.74) is 6.89. The van der Waals surface area contributed by atoms with E-state index in [0.717, 1.165) is 94.7 Å². The zero-order valence-corrected chi connectivity index (χ0v) is 36.0. The molecule has 0 amide bonds. The van der Waals surface area contributed by atoms with Crippen LogP contribution in [0.1, 0.15) is 187 Å². The van der Waals surface area contributed by atoms with Crippen LogP contribution < -0.4 is 0 Å². The molecule has 0 aromatic heterocycles. The third kappa shape index (κ3) is 7.40. The van der Waals surface area contributed by atoms with Gasteiger partial charge >= 0.3 is 0 Å². The topological polar surface area (TPSA) is 0 Å². The molecule has 14 atom stereocenters. The van der Waals surface area contributed by atoms with Gasteiger partial charge in [-0.15, -0.1) is 0 Å². The van der Waals surface area contributed by atoms with Crippen LogP contribution in [-0.2, 0) is 10.8 Å². The molecule has 6 saturated carbocycles. The van der Waals surface area contributed by atoms with Crippen LogP contribution in [0.5, 0.6) is 0 Å². The van der Waals surface area contributed by atoms with Crippen LogP contribution in [0, 0.1) is 82.9 Å². The van der Waals surface area contributed by atoms with E-state index in [2.05, 4.69) is 118 Å². The highest BCUT2D eigenvalue weighted by Gasteiger charge is 2.58. The van der Waals surface area contributed by atoms with Gasteiger partial charge in [0.15, 0.2) is 0 Å². The molecule has 292 valence electrons. The molecular formula is C53H80. The smallest absolute Gasteiger partial charge is 0.00998 e. The number of fused-ring (bicyclic) bond motifs is 4.